The zero-order valence-corrected chi connectivity index (χ0v) is 14.7. The van der Waals surface area contributed by atoms with E-state index in [9.17, 15) is 4.79 Å². The Labute approximate surface area is 142 Å². The van der Waals surface area contributed by atoms with Crippen LogP contribution in [0.5, 0.6) is 0 Å². The second kappa shape index (κ2) is 5.85. The number of nitrogens with zero attached hydrogens (tertiary/aromatic N) is 3. The van der Waals surface area contributed by atoms with Gasteiger partial charge in [0.2, 0.25) is 0 Å². The molecule has 1 aromatic carbocycles. The largest absolute Gasteiger partial charge is 0.443 e. The summed E-state index contributed by atoms with van der Waals surface area (Å²) in [6.45, 7) is 6.31. The first kappa shape index (κ1) is 16.4. The fraction of sp³-hybridized carbons (Fsp3) is 0.444. The van der Waals surface area contributed by atoms with E-state index in [2.05, 4.69) is 11.2 Å². The van der Waals surface area contributed by atoms with Crippen LogP contribution in [0, 0.1) is 0 Å². The van der Waals surface area contributed by atoms with E-state index < -0.39 is 5.60 Å². The number of aromatic nitrogens is 2. The van der Waals surface area contributed by atoms with Crippen LogP contribution < -0.4 is 10.6 Å². The molecule has 0 saturated heterocycles. The van der Waals surface area contributed by atoms with Crippen molar-refractivity contribution in [3.05, 3.63) is 30.0 Å². The zero-order chi connectivity index (χ0) is 17.5. The maximum Gasteiger partial charge on any atom is 0.414 e. The first-order valence-corrected chi connectivity index (χ1v) is 8.17. The molecule has 128 valence electrons. The topological polar surface area (TPSA) is 73.4 Å². The molecule has 3 rings (SSSR count). The van der Waals surface area contributed by atoms with Crippen molar-refractivity contribution in [3.8, 4) is 11.1 Å². The SMILES string of the molecule is Cn1ncc(-c2ccc3c(c2)CCCN3C(=O)OC(C)(C)C)c1N. The normalized spacial score (nSPS) is 14.4. The quantitative estimate of drug-likeness (QED) is 0.871. The Hall–Kier alpha value is -2.50. The van der Waals surface area contributed by atoms with Crippen LogP contribution in [0.4, 0.5) is 16.3 Å². The average molecular weight is 328 g/mol. The van der Waals surface area contributed by atoms with E-state index in [0.29, 0.717) is 12.4 Å². The number of hydrogen-bond acceptors (Lipinski definition) is 4. The number of nitrogens with two attached hydrogens (primary N) is 1. The van der Waals surface area contributed by atoms with Gasteiger partial charge >= 0.3 is 6.09 Å². The molecular formula is C18H24N4O2. The highest BCUT2D eigenvalue weighted by atomic mass is 16.6. The number of ether oxygens (including phenoxy) is 1. The average Bonchev–Trinajstić information content (AvgIpc) is 2.84. The van der Waals surface area contributed by atoms with Crippen LogP contribution in [-0.2, 0) is 18.2 Å². The van der Waals surface area contributed by atoms with Crippen molar-refractivity contribution < 1.29 is 9.53 Å². The third kappa shape index (κ3) is 3.09. The minimum Gasteiger partial charge on any atom is -0.443 e. The number of benzene rings is 1. The molecule has 0 radical (unpaired) electrons. The van der Waals surface area contributed by atoms with Crippen molar-refractivity contribution in [2.24, 2.45) is 7.05 Å². The number of anilines is 2. The number of amides is 1. The van der Waals surface area contributed by atoms with E-state index in [0.717, 1.165) is 35.2 Å². The van der Waals surface area contributed by atoms with Crippen LogP contribution in [0.3, 0.4) is 0 Å². The van der Waals surface area contributed by atoms with Crippen LogP contribution >= 0.6 is 0 Å². The number of aryl methyl sites for hydroxylation is 2. The molecule has 2 aromatic rings. The van der Waals surface area contributed by atoms with Gasteiger partial charge in [-0.1, -0.05) is 6.07 Å². The highest BCUT2D eigenvalue weighted by Crippen LogP contribution is 2.34. The van der Waals surface area contributed by atoms with Gasteiger partial charge in [-0.25, -0.2) is 4.79 Å². The highest BCUT2D eigenvalue weighted by molar-refractivity contribution is 5.90. The van der Waals surface area contributed by atoms with Gasteiger partial charge in [0, 0.05) is 19.2 Å². The Morgan fingerprint density at radius 2 is 2.08 bits per heavy atom. The predicted molar refractivity (Wildman–Crippen MR) is 95.0 cm³/mol. The van der Waals surface area contributed by atoms with Gasteiger partial charge in [-0.05, 0) is 56.9 Å². The highest BCUT2D eigenvalue weighted by Gasteiger charge is 2.27. The number of carbonyl (C=O) groups is 1. The molecule has 0 atom stereocenters. The van der Waals surface area contributed by atoms with Gasteiger partial charge in [-0.2, -0.15) is 5.10 Å². The molecule has 1 aliphatic rings. The Morgan fingerprint density at radius 1 is 1.33 bits per heavy atom. The molecule has 0 spiro atoms. The van der Waals surface area contributed by atoms with Crippen LogP contribution in [0.2, 0.25) is 0 Å². The van der Waals surface area contributed by atoms with Crippen LogP contribution in [0.15, 0.2) is 24.4 Å². The smallest absolute Gasteiger partial charge is 0.414 e. The van der Waals surface area contributed by atoms with Gasteiger partial charge < -0.3 is 10.5 Å². The maximum absolute atomic E-state index is 12.5. The number of hydrogen-bond donors (Lipinski definition) is 1. The minimum absolute atomic E-state index is 0.294. The van der Waals surface area contributed by atoms with Crippen LogP contribution in [-0.4, -0.2) is 28.0 Å². The first-order valence-electron chi connectivity index (χ1n) is 8.17. The molecule has 0 aliphatic carbocycles. The van der Waals surface area contributed by atoms with Crippen LogP contribution in [0.1, 0.15) is 32.8 Å². The van der Waals surface area contributed by atoms with Gasteiger partial charge in [-0.15, -0.1) is 0 Å². The Bertz CT molecular complexity index is 774. The molecule has 0 saturated carbocycles. The Kier molecular flexibility index (Phi) is 3.99. The van der Waals surface area contributed by atoms with E-state index in [1.165, 1.54) is 0 Å². The summed E-state index contributed by atoms with van der Waals surface area (Å²) in [5.41, 5.74) is 9.55. The molecule has 0 fully saturated rings. The molecule has 2 N–H and O–H groups in total. The number of carbonyl (C=O) groups excluding carboxylic acids is 1. The Morgan fingerprint density at radius 3 is 2.71 bits per heavy atom. The van der Waals surface area contributed by atoms with E-state index in [4.69, 9.17) is 10.5 Å². The lowest BCUT2D eigenvalue weighted by molar-refractivity contribution is 0.0578. The Balaban J connectivity index is 1.93. The van der Waals surface area contributed by atoms with Crippen LogP contribution in [0.25, 0.3) is 11.1 Å². The van der Waals surface area contributed by atoms with Gasteiger partial charge in [0.25, 0.3) is 0 Å². The summed E-state index contributed by atoms with van der Waals surface area (Å²) in [7, 11) is 1.82. The predicted octanol–water partition coefficient (Wildman–Crippen LogP) is 3.36. The van der Waals surface area contributed by atoms with E-state index in [1.807, 2.05) is 40.0 Å². The lowest BCUT2D eigenvalue weighted by Gasteiger charge is -2.32. The monoisotopic (exact) mass is 328 g/mol. The fourth-order valence-electron chi connectivity index (χ4n) is 2.94. The summed E-state index contributed by atoms with van der Waals surface area (Å²) >= 11 is 0. The second-order valence-electron chi connectivity index (χ2n) is 7.15. The standard InChI is InChI=1S/C18H24N4O2/c1-18(2,3)24-17(23)22-9-5-6-13-10-12(7-8-15(13)22)14-11-20-21(4)16(14)19/h7-8,10-11H,5-6,9,19H2,1-4H3. The van der Waals surface area contributed by atoms with Crippen molar-refractivity contribution in [1.82, 2.24) is 9.78 Å². The third-order valence-electron chi connectivity index (χ3n) is 4.11. The van der Waals surface area contributed by atoms with E-state index in [-0.39, 0.29) is 6.09 Å². The molecule has 1 aliphatic heterocycles. The molecule has 6 nitrogen and oxygen atoms in total. The summed E-state index contributed by atoms with van der Waals surface area (Å²) in [4.78, 5) is 14.2. The molecule has 1 aromatic heterocycles. The maximum atomic E-state index is 12.5. The number of rotatable bonds is 1. The lowest BCUT2D eigenvalue weighted by Crippen LogP contribution is -2.39. The van der Waals surface area contributed by atoms with Gasteiger partial charge in [0.05, 0.1) is 11.9 Å². The molecule has 0 unspecified atom stereocenters. The molecular weight excluding hydrogens is 304 g/mol. The summed E-state index contributed by atoms with van der Waals surface area (Å²) in [6.07, 6.45) is 3.32. The molecule has 2 heterocycles. The molecule has 24 heavy (non-hydrogen) atoms. The molecule has 0 bridgehead atoms. The van der Waals surface area contributed by atoms with E-state index >= 15 is 0 Å². The van der Waals surface area contributed by atoms with Gasteiger partial charge in [0.1, 0.15) is 11.4 Å². The minimum atomic E-state index is -0.501. The first-order chi connectivity index (χ1) is 11.3. The molecule has 1 amide bonds. The number of nitrogen functional groups attached to an aromatic ring is 1. The number of fused-ring (bicyclic) bond motifs is 1. The fourth-order valence-corrected chi connectivity index (χ4v) is 2.94. The molecule has 6 heteroatoms. The summed E-state index contributed by atoms with van der Waals surface area (Å²) in [5, 5.41) is 4.20. The van der Waals surface area contributed by atoms with Crippen molar-refractivity contribution in [2.45, 2.75) is 39.2 Å². The third-order valence-corrected chi connectivity index (χ3v) is 4.11. The summed E-state index contributed by atoms with van der Waals surface area (Å²) in [6, 6.07) is 6.05. The van der Waals surface area contributed by atoms with Crippen molar-refractivity contribution in [3.63, 3.8) is 0 Å². The van der Waals surface area contributed by atoms with Gasteiger partial charge in [-0.3, -0.25) is 9.58 Å². The van der Waals surface area contributed by atoms with Gasteiger partial charge in [0.15, 0.2) is 0 Å². The summed E-state index contributed by atoms with van der Waals surface area (Å²) in [5.74, 6) is 0.634. The second-order valence-corrected chi connectivity index (χ2v) is 7.15. The lowest BCUT2D eigenvalue weighted by atomic mass is 9.97. The summed E-state index contributed by atoms with van der Waals surface area (Å²) < 4.78 is 7.18. The van der Waals surface area contributed by atoms with Crippen molar-refractivity contribution in [1.29, 1.82) is 0 Å². The van der Waals surface area contributed by atoms with Crippen molar-refractivity contribution in [2.75, 3.05) is 17.2 Å². The van der Waals surface area contributed by atoms with E-state index in [1.54, 1.807) is 15.8 Å². The van der Waals surface area contributed by atoms with Crippen molar-refractivity contribution >= 4 is 17.6 Å². The zero-order valence-electron chi connectivity index (χ0n) is 14.7.